The molecular weight excluding hydrogens is 218 g/mol. The molecule has 90 valence electrons. The van der Waals surface area contributed by atoms with E-state index in [0.29, 0.717) is 17.2 Å². The third-order valence-corrected chi connectivity index (χ3v) is 2.61. The number of nitrogen functional groups attached to an aromatic ring is 1. The third-order valence-electron chi connectivity index (χ3n) is 2.61. The first-order valence-corrected chi connectivity index (χ1v) is 5.48. The minimum Gasteiger partial charge on any atom is -0.383 e. The second-order valence-corrected chi connectivity index (χ2v) is 3.84. The molecule has 0 aliphatic rings. The molecule has 17 heavy (non-hydrogen) atoms. The Labute approximate surface area is 99.1 Å². The van der Waals surface area contributed by atoms with E-state index in [9.17, 15) is 4.79 Å². The minimum atomic E-state index is -0.186. The molecule has 2 N–H and O–H groups in total. The molecule has 0 spiro atoms. The summed E-state index contributed by atoms with van der Waals surface area (Å²) in [4.78, 5) is 16.3. The van der Waals surface area contributed by atoms with Crippen molar-refractivity contribution in [3.05, 3.63) is 30.0 Å². The molecule has 0 fully saturated rings. The molecule has 0 unspecified atom stereocenters. The monoisotopic (exact) mass is 233 g/mol. The zero-order chi connectivity index (χ0) is 12.4. The fraction of sp³-hybridized carbons (Fsp3) is 0.364. The van der Waals surface area contributed by atoms with Gasteiger partial charge in [0.2, 0.25) is 5.78 Å². The number of carbonyl (C=O) groups is 1. The van der Waals surface area contributed by atoms with Crippen LogP contribution in [-0.2, 0) is 13.6 Å². The summed E-state index contributed by atoms with van der Waals surface area (Å²) in [7, 11) is 1.70. The zero-order valence-electron chi connectivity index (χ0n) is 9.92. The van der Waals surface area contributed by atoms with E-state index < -0.39 is 0 Å². The Hall–Kier alpha value is -2.11. The number of rotatable bonds is 4. The molecule has 2 aromatic rings. The Morgan fingerprint density at radius 2 is 2.29 bits per heavy atom. The lowest BCUT2D eigenvalue weighted by Crippen LogP contribution is -2.12. The van der Waals surface area contributed by atoms with Crippen molar-refractivity contribution >= 4 is 11.6 Å². The Bertz CT molecular complexity index is 540. The van der Waals surface area contributed by atoms with Crippen LogP contribution < -0.4 is 5.73 Å². The van der Waals surface area contributed by atoms with Gasteiger partial charge in [-0.1, -0.05) is 6.92 Å². The normalized spacial score (nSPS) is 10.7. The molecule has 0 saturated carbocycles. The molecule has 6 heteroatoms. The maximum atomic E-state index is 12.2. The van der Waals surface area contributed by atoms with Gasteiger partial charge in [-0.2, -0.15) is 5.10 Å². The number of imidazole rings is 1. The zero-order valence-corrected chi connectivity index (χ0v) is 9.92. The molecule has 0 saturated heterocycles. The summed E-state index contributed by atoms with van der Waals surface area (Å²) >= 11 is 0. The van der Waals surface area contributed by atoms with Crippen molar-refractivity contribution in [3.8, 4) is 0 Å². The lowest BCUT2D eigenvalue weighted by Gasteiger charge is -2.04. The van der Waals surface area contributed by atoms with Crippen molar-refractivity contribution in [2.24, 2.45) is 7.05 Å². The second kappa shape index (κ2) is 4.40. The summed E-state index contributed by atoms with van der Waals surface area (Å²) in [6, 6.07) is 0. The Balaban J connectivity index is 2.37. The Morgan fingerprint density at radius 1 is 1.53 bits per heavy atom. The van der Waals surface area contributed by atoms with Crippen molar-refractivity contribution in [1.29, 1.82) is 0 Å². The SMILES string of the molecule is CCCn1ccnc1C(=O)c1cnn(C)c1N. The van der Waals surface area contributed by atoms with E-state index in [2.05, 4.69) is 10.1 Å². The average molecular weight is 233 g/mol. The van der Waals surface area contributed by atoms with Gasteiger partial charge in [-0.25, -0.2) is 4.98 Å². The van der Waals surface area contributed by atoms with E-state index in [1.807, 2.05) is 11.5 Å². The first-order valence-electron chi connectivity index (χ1n) is 5.48. The van der Waals surface area contributed by atoms with Gasteiger partial charge in [-0.3, -0.25) is 9.48 Å². The van der Waals surface area contributed by atoms with Crippen LogP contribution in [0.1, 0.15) is 29.5 Å². The standard InChI is InChI=1S/C11H15N5O/c1-3-5-16-6-4-13-11(16)9(17)8-7-14-15(2)10(8)12/h4,6-7H,3,5,12H2,1-2H3. The maximum absolute atomic E-state index is 12.2. The van der Waals surface area contributed by atoms with Crippen LogP contribution in [0.5, 0.6) is 0 Å². The lowest BCUT2D eigenvalue weighted by molar-refractivity contribution is 0.102. The minimum absolute atomic E-state index is 0.186. The highest BCUT2D eigenvalue weighted by molar-refractivity contribution is 6.09. The fourth-order valence-corrected chi connectivity index (χ4v) is 1.68. The smallest absolute Gasteiger partial charge is 0.233 e. The molecular formula is C11H15N5O. The van der Waals surface area contributed by atoms with Gasteiger partial charge in [0.15, 0.2) is 5.82 Å². The predicted molar refractivity (Wildman–Crippen MR) is 63.6 cm³/mol. The number of carbonyl (C=O) groups excluding carboxylic acids is 1. The highest BCUT2D eigenvalue weighted by atomic mass is 16.1. The number of ketones is 1. The molecule has 0 aromatic carbocycles. The van der Waals surface area contributed by atoms with Gasteiger partial charge in [0.05, 0.1) is 11.8 Å². The first kappa shape index (κ1) is 11.4. The van der Waals surface area contributed by atoms with Gasteiger partial charge in [-0.05, 0) is 6.42 Å². The van der Waals surface area contributed by atoms with Crippen LogP contribution in [0.25, 0.3) is 0 Å². The van der Waals surface area contributed by atoms with Crippen molar-refractivity contribution in [2.75, 3.05) is 5.73 Å². The molecule has 0 aliphatic carbocycles. The molecule has 2 heterocycles. The van der Waals surface area contributed by atoms with Crippen molar-refractivity contribution in [1.82, 2.24) is 19.3 Å². The van der Waals surface area contributed by atoms with Gasteiger partial charge < -0.3 is 10.3 Å². The number of hydrogen-bond donors (Lipinski definition) is 1. The van der Waals surface area contributed by atoms with E-state index >= 15 is 0 Å². The molecule has 0 atom stereocenters. The number of aromatic nitrogens is 4. The van der Waals surface area contributed by atoms with Crippen LogP contribution in [0.15, 0.2) is 18.6 Å². The summed E-state index contributed by atoms with van der Waals surface area (Å²) < 4.78 is 3.30. The molecule has 0 amide bonds. The van der Waals surface area contributed by atoms with Crippen LogP contribution in [-0.4, -0.2) is 25.1 Å². The first-order chi connectivity index (χ1) is 8.15. The van der Waals surface area contributed by atoms with E-state index in [-0.39, 0.29) is 5.78 Å². The predicted octanol–water partition coefficient (Wildman–Crippen LogP) is 0.840. The number of anilines is 1. The molecule has 2 rings (SSSR count). The summed E-state index contributed by atoms with van der Waals surface area (Å²) in [5.74, 6) is 0.585. The largest absolute Gasteiger partial charge is 0.383 e. The van der Waals surface area contributed by atoms with Crippen molar-refractivity contribution < 1.29 is 4.79 Å². The summed E-state index contributed by atoms with van der Waals surface area (Å²) in [5.41, 5.74) is 6.18. The van der Waals surface area contributed by atoms with Gasteiger partial charge in [0.1, 0.15) is 5.82 Å². The Morgan fingerprint density at radius 3 is 2.88 bits per heavy atom. The topological polar surface area (TPSA) is 78.7 Å². The second-order valence-electron chi connectivity index (χ2n) is 3.84. The number of hydrogen-bond acceptors (Lipinski definition) is 4. The lowest BCUT2D eigenvalue weighted by atomic mass is 10.2. The molecule has 2 aromatic heterocycles. The number of nitrogens with zero attached hydrogens (tertiary/aromatic N) is 4. The van der Waals surface area contributed by atoms with Crippen LogP contribution >= 0.6 is 0 Å². The van der Waals surface area contributed by atoms with Gasteiger partial charge in [-0.15, -0.1) is 0 Å². The fourth-order valence-electron chi connectivity index (χ4n) is 1.68. The summed E-state index contributed by atoms with van der Waals surface area (Å²) in [6.07, 6.45) is 5.83. The highest BCUT2D eigenvalue weighted by Gasteiger charge is 2.19. The van der Waals surface area contributed by atoms with Crippen molar-refractivity contribution in [2.45, 2.75) is 19.9 Å². The van der Waals surface area contributed by atoms with Gasteiger partial charge >= 0.3 is 0 Å². The molecule has 0 bridgehead atoms. The van der Waals surface area contributed by atoms with Crippen LogP contribution in [0.4, 0.5) is 5.82 Å². The van der Waals surface area contributed by atoms with Gasteiger partial charge in [0, 0.05) is 26.0 Å². The van der Waals surface area contributed by atoms with Gasteiger partial charge in [0.25, 0.3) is 0 Å². The maximum Gasteiger partial charge on any atom is 0.233 e. The quantitative estimate of drug-likeness (QED) is 0.794. The molecule has 0 radical (unpaired) electrons. The molecule has 0 aliphatic heterocycles. The van der Waals surface area contributed by atoms with E-state index in [4.69, 9.17) is 5.73 Å². The van der Waals surface area contributed by atoms with E-state index in [1.54, 1.807) is 19.4 Å². The number of aryl methyl sites for hydroxylation is 2. The molecule has 6 nitrogen and oxygen atoms in total. The summed E-state index contributed by atoms with van der Waals surface area (Å²) in [6.45, 7) is 2.81. The van der Waals surface area contributed by atoms with Crippen LogP contribution in [0, 0.1) is 0 Å². The Kier molecular flexibility index (Phi) is 2.95. The van der Waals surface area contributed by atoms with Crippen LogP contribution in [0.3, 0.4) is 0 Å². The highest BCUT2D eigenvalue weighted by Crippen LogP contribution is 2.14. The number of nitrogens with two attached hydrogens (primary N) is 1. The average Bonchev–Trinajstić information content (AvgIpc) is 2.88. The van der Waals surface area contributed by atoms with E-state index in [0.717, 1.165) is 13.0 Å². The third kappa shape index (κ3) is 1.93. The van der Waals surface area contributed by atoms with Crippen LogP contribution in [0.2, 0.25) is 0 Å². The van der Waals surface area contributed by atoms with Crippen molar-refractivity contribution in [3.63, 3.8) is 0 Å². The van der Waals surface area contributed by atoms with E-state index in [1.165, 1.54) is 10.9 Å². The summed E-state index contributed by atoms with van der Waals surface area (Å²) in [5, 5.41) is 3.96.